The monoisotopic (exact) mass is 356 g/mol. The van der Waals surface area contributed by atoms with Crippen LogP contribution in [0.25, 0.3) is 0 Å². The molecule has 0 spiro atoms. The van der Waals surface area contributed by atoms with E-state index in [-0.39, 0.29) is 17.0 Å². The smallest absolute Gasteiger partial charge is 0.190 e. The molecule has 5 nitrogen and oxygen atoms in total. The maximum atomic E-state index is 5.40. The SMILES string of the molecule is Br.CN=C(NC)NCc1ccccc1CN1CCOCC1. The lowest BCUT2D eigenvalue weighted by molar-refractivity contribution is 0.0341. The number of ether oxygens (including phenoxy) is 1. The lowest BCUT2D eigenvalue weighted by Crippen LogP contribution is -2.36. The van der Waals surface area contributed by atoms with Gasteiger partial charge in [0.1, 0.15) is 0 Å². The van der Waals surface area contributed by atoms with Crippen LogP contribution in [-0.4, -0.2) is 51.3 Å². The summed E-state index contributed by atoms with van der Waals surface area (Å²) >= 11 is 0. The first-order valence-corrected chi connectivity index (χ1v) is 7.08. The topological polar surface area (TPSA) is 48.9 Å². The predicted molar refractivity (Wildman–Crippen MR) is 92.1 cm³/mol. The van der Waals surface area contributed by atoms with E-state index in [1.807, 2.05) is 7.05 Å². The first-order chi connectivity index (χ1) is 9.83. The fraction of sp³-hybridized carbons (Fsp3) is 0.533. The van der Waals surface area contributed by atoms with E-state index < -0.39 is 0 Å². The number of hydrogen-bond acceptors (Lipinski definition) is 3. The van der Waals surface area contributed by atoms with Gasteiger partial charge in [0.05, 0.1) is 13.2 Å². The average molecular weight is 357 g/mol. The second-order valence-electron chi connectivity index (χ2n) is 4.83. The number of benzene rings is 1. The number of morpholine rings is 1. The number of rotatable bonds is 4. The van der Waals surface area contributed by atoms with Crippen LogP contribution in [0.4, 0.5) is 0 Å². The zero-order chi connectivity index (χ0) is 14.2. The summed E-state index contributed by atoms with van der Waals surface area (Å²) in [5, 5.41) is 6.34. The van der Waals surface area contributed by atoms with E-state index in [2.05, 4.69) is 44.8 Å². The van der Waals surface area contributed by atoms with E-state index in [9.17, 15) is 0 Å². The normalized spacial score (nSPS) is 16.2. The molecule has 0 atom stereocenters. The summed E-state index contributed by atoms with van der Waals surface area (Å²) in [5.41, 5.74) is 2.68. The molecular weight excluding hydrogens is 332 g/mol. The highest BCUT2D eigenvalue weighted by atomic mass is 79.9. The molecule has 1 aromatic rings. The van der Waals surface area contributed by atoms with Gasteiger partial charge in [-0.3, -0.25) is 9.89 Å². The third-order valence-electron chi connectivity index (χ3n) is 3.52. The second kappa shape index (κ2) is 9.76. The van der Waals surface area contributed by atoms with E-state index in [4.69, 9.17) is 4.74 Å². The lowest BCUT2D eigenvalue weighted by Gasteiger charge is -2.27. The molecule has 21 heavy (non-hydrogen) atoms. The van der Waals surface area contributed by atoms with E-state index in [0.29, 0.717) is 0 Å². The summed E-state index contributed by atoms with van der Waals surface area (Å²) in [6, 6.07) is 8.56. The van der Waals surface area contributed by atoms with Gasteiger partial charge in [-0.2, -0.15) is 0 Å². The zero-order valence-electron chi connectivity index (χ0n) is 12.8. The van der Waals surface area contributed by atoms with Crippen LogP contribution >= 0.6 is 17.0 Å². The molecule has 6 heteroatoms. The Labute approximate surface area is 137 Å². The lowest BCUT2D eigenvalue weighted by atomic mass is 10.1. The van der Waals surface area contributed by atoms with Crippen molar-refractivity contribution >= 4 is 22.9 Å². The van der Waals surface area contributed by atoms with Crippen molar-refractivity contribution in [2.45, 2.75) is 13.1 Å². The van der Waals surface area contributed by atoms with Gasteiger partial charge in [0, 0.05) is 40.3 Å². The van der Waals surface area contributed by atoms with Gasteiger partial charge in [0.25, 0.3) is 0 Å². The van der Waals surface area contributed by atoms with E-state index in [1.54, 1.807) is 7.05 Å². The van der Waals surface area contributed by atoms with E-state index >= 15 is 0 Å². The summed E-state index contributed by atoms with van der Waals surface area (Å²) in [7, 11) is 3.65. The van der Waals surface area contributed by atoms with Crippen molar-refractivity contribution in [3.63, 3.8) is 0 Å². The largest absolute Gasteiger partial charge is 0.379 e. The standard InChI is InChI=1S/C15H24N4O.BrH/c1-16-15(17-2)18-11-13-5-3-4-6-14(13)12-19-7-9-20-10-8-19;/h3-6H,7-12H2,1-2H3,(H2,16,17,18);1H. The summed E-state index contributed by atoms with van der Waals surface area (Å²) < 4.78 is 5.40. The molecular formula is C15H25BrN4O. The Morgan fingerprint density at radius 2 is 1.90 bits per heavy atom. The Hall–Kier alpha value is -1.11. The van der Waals surface area contributed by atoms with Gasteiger partial charge in [-0.1, -0.05) is 24.3 Å². The van der Waals surface area contributed by atoms with Crippen molar-refractivity contribution in [1.29, 1.82) is 0 Å². The van der Waals surface area contributed by atoms with Gasteiger partial charge >= 0.3 is 0 Å². The molecule has 0 saturated carbocycles. The number of guanidine groups is 1. The van der Waals surface area contributed by atoms with Crippen molar-refractivity contribution < 1.29 is 4.74 Å². The first kappa shape index (κ1) is 17.9. The molecule has 1 fully saturated rings. The summed E-state index contributed by atoms with van der Waals surface area (Å²) in [4.78, 5) is 6.57. The number of nitrogens with zero attached hydrogens (tertiary/aromatic N) is 2. The highest BCUT2D eigenvalue weighted by molar-refractivity contribution is 8.93. The Balaban J connectivity index is 0.00000220. The first-order valence-electron chi connectivity index (χ1n) is 7.08. The highest BCUT2D eigenvalue weighted by Gasteiger charge is 2.12. The van der Waals surface area contributed by atoms with Crippen LogP contribution in [0.5, 0.6) is 0 Å². The quantitative estimate of drug-likeness (QED) is 0.632. The van der Waals surface area contributed by atoms with Crippen LogP contribution < -0.4 is 10.6 Å². The van der Waals surface area contributed by atoms with Gasteiger partial charge in [-0.15, -0.1) is 17.0 Å². The van der Waals surface area contributed by atoms with Gasteiger partial charge in [-0.05, 0) is 11.1 Å². The van der Waals surface area contributed by atoms with Crippen LogP contribution in [-0.2, 0) is 17.8 Å². The van der Waals surface area contributed by atoms with Gasteiger partial charge in [0.2, 0.25) is 0 Å². The molecule has 1 saturated heterocycles. The fourth-order valence-electron chi connectivity index (χ4n) is 2.34. The third kappa shape index (κ3) is 5.65. The molecule has 1 aliphatic heterocycles. The second-order valence-corrected chi connectivity index (χ2v) is 4.83. The maximum Gasteiger partial charge on any atom is 0.190 e. The van der Waals surface area contributed by atoms with Gasteiger partial charge in [0.15, 0.2) is 5.96 Å². The molecule has 0 aromatic heterocycles. The van der Waals surface area contributed by atoms with Gasteiger partial charge in [-0.25, -0.2) is 0 Å². The molecule has 0 bridgehead atoms. The van der Waals surface area contributed by atoms with Crippen LogP contribution in [0.2, 0.25) is 0 Å². The van der Waals surface area contributed by atoms with Crippen molar-refractivity contribution in [3.8, 4) is 0 Å². The molecule has 0 aliphatic carbocycles. The highest BCUT2D eigenvalue weighted by Crippen LogP contribution is 2.12. The van der Waals surface area contributed by atoms with Crippen LogP contribution in [0.15, 0.2) is 29.3 Å². The number of halogens is 1. The van der Waals surface area contributed by atoms with Crippen molar-refractivity contribution in [1.82, 2.24) is 15.5 Å². The molecule has 2 N–H and O–H groups in total. The molecule has 0 unspecified atom stereocenters. The maximum absolute atomic E-state index is 5.40. The Kier molecular flexibility index (Phi) is 8.34. The van der Waals surface area contributed by atoms with Crippen LogP contribution in [0, 0.1) is 0 Å². The minimum atomic E-state index is 0. The fourth-order valence-corrected chi connectivity index (χ4v) is 2.34. The van der Waals surface area contributed by atoms with Crippen molar-refractivity contribution in [3.05, 3.63) is 35.4 Å². The number of hydrogen-bond donors (Lipinski definition) is 2. The summed E-state index contributed by atoms with van der Waals surface area (Å²) in [6.07, 6.45) is 0. The van der Waals surface area contributed by atoms with E-state index in [0.717, 1.165) is 45.4 Å². The molecule has 1 aromatic carbocycles. The molecule has 1 heterocycles. The minimum Gasteiger partial charge on any atom is -0.379 e. The van der Waals surface area contributed by atoms with Crippen LogP contribution in [0.3, 0.4) is 0 Å². The summed E-state index contributed by atoms with van der Waals surface area (Å²) in [5.74, 6) is 0.811. The van der Waals surface area contributed by atoms with E-state index in [1.165, 1.54) is 11.1 Å². The Morgan fingerprint density at radius 3 is 2.52 bits per heavy atom. The Bertz CT molecular complexity index is 447. The van der Waals surface area contributed by atoms with Crippen molar-refractivity contribution in [2.24, 2.45) is 4.99 Å². The zero-order valence-corrected chi connectivity index (χ0v) is 14.5. The molecule has 2 rings (SSSR count). The minimum absolute atomic E-state index is 0. The average Bonchev–Trinajstić information content (AvgIpc) is 2.51. The third-order valence-corrected chi connectivity index (χ3v) is 3.52. The molecule has 118 valence electrons. The number of aliphatic imine (C=N–C) groups is 1. The molecule has 0 radical (unpaired) electrons. The van der Waals surface area contributed by atoms with Crippen molar-refractivity contribution in [2.75, 3.05) is 40.4 Å². The Morgan fingerprint density at radius 1 is 1.24 bits per heavy atom. The predicted octanol–water partition coefficient (Wildman–Crippen LogP) is 1.39. The van der Waals surface area contributed by atoms with Crippen LogP contribution in [0.1, 0.15) is 11.1 Å². The van der Waals surface area contributed by atoms with Gasteiger partial charge < -0.3 is 15.4 Å². The number of nitrogens with one attached hydrogen (secondary N) is 2. The molecule has 1 aliphatic rings. The summed E-state index contributed by atoms with van der Waals surface area (Å²) in [6.45, 7) is 5.48. The molecule has 0 amide bonds.